The Labute approximate surface area is 70.0 Å². The zero-order chi connectivity index (χ0) is 9.19. The molecule has 1 atom stereocenters. The summed E-state index contributed by atoms with van der Waals surface area (Å²) in [5.41, 5.74) is -1.35. The number of aromatic nitrogens is 3. The topological polar surface area (TPSA) is 68.0 Å². The van der Waals surface area contributed by atoms with Crippen LogP contribution in [0.4, 0.5) is 0 Å². The first-order valence-electron chi connectivity index (χ1n) is 3.57. The molecule has 0 saturated heterocycles. The van der Waals surface area contributed by atoms with E-state index >= 15 is 0 Å². The molecule has 1 N–H and O–H groups in total. The molecular formula is C7H11N3O2. The van der Waals surface area contributed by atoms with E-state index in [-0.39, 0.29) is 6.42 Å². The summed E-state index contributed by atoms with van der Waals surface area (Å²) in [7, 11) is 1.71. The van der Waals surface area contributed by atoms with E-state index in [9.17, 15) is 9.90 Å². The maximum atomic E-state index is 10.4. The maximum Gasteiger partial charge on any atom is 0.151 e. The van der Waals surface area contributed by atoms with E-state index < -0.39 is 5.60 Å². The lowest BCUT2D eigenvalue weighted by Crippen LogP contribution is -2.30. The van der Waals surface area contributed by atoms with Crippen molar-refractivity contribution >= 4 is 6.29 Å². The third-order valence-corrected chi connectivity index (χ3v) is 1.58. The van der Waals surface area contributed by atoms with Crippen LogP contribution in [0.2, 0.25) is 0 Å². The molecule has 0 aliphatic rings. The van der Waals surface area contributed by atoms with Gasteiger partial charge in [0, 0.05) is 13.5 Å². The van der Waals surface area contributed by atoms with Crippen LogP contribution in [0.3, 0.4) is 0 Å². The molecule has 0 radical (unpaired) electrons. The Morgan fingerprint density at radius 1 is 1.83 bits per heavy atom. The van der Waals surface area contributed by atoms with Crippen molar-refractivity contribution in [2.75, 3.05) is 0 Å². The molecule has 1 rings (SSSR count). The van der Waals surface area contributed by atoms with Gasteiger partial charge in [0.15, 0.2) is 6.29 Å². The summed E-state index contributed by atoms with van der Waals surface area (Å²) >= 11 is 0. The second-order valence-corrected chi connectivity index (χ2v) is 2.95. The van der Waals surface area contributed by atoms with Crippen LogP contribution >= 0.6 is 0 Å². The minimum absolute atomic E-state index is 0.188. The number of hydrogen-bond donors (Lipinski definition) is 1. The van der Waals surface area contributed by atoms with Crippen molar-refractivity contribution in [1.29, 1.82) is 0 Å². The largest absolute Gasteiger partial charge is 0.382 e. The minimum Gasteiger partial charge on any atom is -0.382 e. The van der Waals surface area contributed by atoms with Gasteiger partial charge in [0.05, 0.1) is 0 Å². The van der Waals surface area contributed by atoms with E-state index in [1.165, 1.54) is 17.9 Å². The van der Waals surface area contributed by atoms with E-state index in [1.54, 1.807) is 7.05 Å². The summed E-state index contributed by atoms with van der Waals surface area (Å²) in [5.74, 6) is 0.590. The molecule has 66 valence electrons. The van der Waals surface area contributed by atoms with Gasteiger partial charge in [-0.2, -0.15) is 5.10 Å². The predicted octanol–water partition coefficient (Wildman–Crippen LogP) is -0.693. The van der Waals surface area contributed by atoms with Gasteiger partial charge in [0.2, 0.25) is 0 Å². The molecule has 1 aromatic heterocycles. The fourth-order valence-corrected chi connectivity index (χ4v) is 0.842. The van der Waals surface area contributed by atoms with Crippen molar-refractivity contribution in [3.63, 3.8) is 0 Å². The molecular weight excluding hydrogens is 158 g/mol. The third kappa shape index (κ3) is 1.88. The van der Waals surface area contributed by atoms with Gasteiger partial charge in [-0.25, -0.2) is 4.98 Å². The maximum absolute atomic E-state index is 10.4. The summed E-state index contributed by atoms with van der Waals surface area (Å²) in [6, 6.07) is 0. The predicted molar refractivity (Wildman–Crippen MR) is 41.4 cm³/mol. The number of carbonyl (C=O) groups excluding carboxylic acids is 1. The molecule has 5 nitrogen and oxygen atoms in total. The van der Waals surface area contributed by atoms with E-state index in [4.69, 9.17) is 0 Å². The minimum atomic E-state index is -1.35. The molecule has 5 heteroatoms. The zero-order valence-electron chi connectivity index (χ0n) is 7.06. The second-order valence-electron chi connectivity index (χ2n) is 2.95. The van der Waals surface area contributed by atoms with Gasteiger partial charge >= 0.3 is 0 Å². The standard InChI is InChI=1S/C7H11N3O2/c1-7(12,4-11)3-6-8-5-9-10(6)2/h4-5,12H,3H2,1-2H3. The number of aryl methyl sites for hydroxylation is 1. The molecule has 0 bridgehead atoms. The molecule has 1 heterocycles. The Bertz CT molecular complexity index is 280. The van der Waals surface area contributed by atoms with E-state index in [0.29, 0.717) is 12.1 Å². The number of aliphatic hydroxyl groups is 1. The lowest BCUT2D eigenvalue weighted by molar-refractivity contribution is -0.122. The quantitative estimate of drug-likeness (QED) is 0.608. The van der Waals surface area contributed by atoms with Gasteiger partial charge in [-0.1, -0.05) is 0 Å². The third-order valence-electron chi connectivity index (χ3n) is 1.58. The Morgan fingerprint density at radius 2 is 2.50 bits per heavy atom. The highest BCUT2D eigenvalue weighted by atomic mass is 16.3. The molecule has 12 heavy (non-hydrogen) atoms. The Morgan fingerprint density at radius 3 is 2.92 bits per heavy atom. The van der Waals surface area contributed by atoms with Crippen molar-refractivity contribution in [3.05, 3.63) is 12.2 Å². The Kier molecular flexibility index (Phi) is 2.23. The lowest BCUT2D eigenvalue weighted by Gasteiger charge is -2.13. The molecule has 0 aliphatic carbocycles. The van der Waals surface area contributed by atoms with E-state index in [0.717, 1.165) is 0 Å². The van der Waals surface area contributed by atoms with E-state index in [1.807, 2.05) is 0 Å². The molecule has 1 aromatic rings. The average molecular weight is 169 g/mol. The summed E-state index contributed by atoms with van der Waals surface area (Å²) < 4.78 is 1.53. The van der Waals surface area contributed by atoms with Crippen LogP contribution in [0.5, 0.6) is 0 Å². The lowest BCUT2D eigenvalue weighted by atomic mass is 10.0. The van der Waals surface area contributed by atoms with E-state index in [2.05, 4.69) is 10.1 Å². The van der Waals surface area contributed by atoms with Gasteiger partial charge in [0.1, 0.15) is 17.8 Å². The van der Waals surface area contributed by atoms with Gasteiger partial charge in [-0.05, 0) is 6.92 Å². The van der Waals surface area contributed by atoms with Crippen LogP contribution in [0.15, 0.2) is 6.33 Å². The first-order valence-corrected chi connectivity index (χ1v) is 3.57. The van der Waals surface area contributed by atoms with Crippen LogP contribution in [-0.2, 0) is 18.3 Å². The normalized spacial score (nSPS) is 15.6. The summed E-state index contributed by atoms with van der Waals surface area (Å²) in [6.45, 7) is 1.44. The highest BCUT2D eigenvalue weighted by Crippen LogP contribution is 2.06. The van der Waals surface area contributed by atoms with Crippen molar-refractivity contribution in [3.8, 4) is 0 Å². The Balaban J connectivity index is 2.76. The highest BCUT2D eigenvalue weighted by Gasteiger charge is 2.21. The fraction of sp³-hybridized carbons (Fsp3) is 0.571. The SMILES string of the molecule is Cn1ncnc1CC(C)(O)C=O. The summed E-state index contributed by atoms with van der Waals surface area (Å²) in [5, 5.41) is 13.2. The summed E-state index contributed by atoms with van der Waals surface area (Å²) in [6.07, 6.45) is 2.07. The number of rotatable bonds is 3. The zero-order valence-corrected chi connectivity index (χ0v) is 7.06. The van der Waals surface area contributed by atoms with Crippen LogP contribution < -0.4 is 0 Å². The van der Waals surface area contributed by atoms with Gasteiger partial charge < -0.3 is 9.90 Å². The first kappa shape index (κ1) is 8.86. The molecule has 0 aliphatic heterocycles. The van der Waals surface area contributed by atoms with Crippen LogP contribution in [0.1, 0.15) is 12.7 Å². The molecule has 0 fully saturated rings. The van der Waals surface area contributed by atoms with Crippen molar-refractivity contribution in [1.82, 2.24) is 14.8 Å². The molecule has 0 aromatic carbocycles. The van der Waals surface area contributed by atoms with Crippen molar-refractivity contribution in [2.24, 2.45) is 7.05 Å². The molecule has 0 saturated carbocycles. The molecule has 0 spiro atoms. The van der Waals surface area contributed by atoms with Crippen LogP contribution in [-0.4, -0.2) is 31.8 Å². The van der Waals surface area contributed by atoms with Crippen molar-refractivity contribution < 1.29 is 9.90 Å². The smallest absolute Gasteiger partial charge is 0.151 e. The van der Waals surface area contributed by atoms with Gasteiger partial charge in [-0.3, -0.25) is 4.68 Å². The number of hydrogen-bond acceptors (Lipinski definition) is 4. The number of aldehydes is 1. The highest BCUT2D eigenvalue weighted by molar-refractivity contribution is 5.61. The monoisotopic (exact) mass is 169 g/mol. The van der Waals surface area contributed by atoms with Gasteiger partial charge in [0.25, 0.3) is 0 Å². The number of nitrogens with zero attached hydrogens (tertiary/aromatic N) is 3. The first-order chi connectivity index (χ1) is 5.55. The summed E-state index contributed by atoms with van der Waals surface area (Å²) in [4.78, 5) is 14.2. The van der Waals surface area contributed by atoms with Gasteiger partial charge in [-0.15, -0.1) is 0 Å². The average Bonchev–Trinajstić information content (AvgIpc) is 2.36. The molecule has 1 unspecified atom stereocenters. The Hall–Kier alpha value is -1.23. The fourth-order valence-electron chi connectivity index (χ4n) is 0.842. The van der Waals surface area contributed by atoms with Crippen molar-refractivity contribution in [2.45, 2.75) is 18.9 Å². The number of carbonyl (C=O) groups is 1. The van der Waals surface area contributed by atoms with Crippen LogP contribution in [0.25, 0.3) is 0 Å². The molecule has 0 amide bonds. The van der Waals surface area contributed by atoms with Crippen LogP contribution in [0, 0.1) is 0 Å². The second kappa shape index (κ2) is 3.02.